The fourth-order valence-electron chi connectivity index (χ4n) is 3.66. The Kier molecular flexibility index (Phi) is 5.48. The third kappa shape index (κ3) is 4.09. The Balaban J connectivity index is 1.84. The highest BCUT2D eigenvalue weighted by Gasteiger charge is 2.42. The summed E-state index contributed by atoms with van der Waals surface area (Å²) in [6.07, 6.45) is 1.84. The van der Waals surface area contributed by atoms with Crippen LogP contribution in [0.25, 0.3) is 0 Å². The molecule has 0 saturated carbocycles. The summed E-state index contributed by atoms with van der Waals surface area (Å²) in [5, 5.41) is 14.8. The molecule has 0 aliphatic carbocycles. The third-order valence-corrected chi connectivity index (χ3v) is 6.39. The molecule has 0 fully saturated rings. The lowest BCUT2D eigenvalue weighted by Crippen LogP contribution is -2.40. The van der Waals surface area contributed by atoms with E-state index in [1.54, 1.807) is 17.0 Å². The number of amides is 1. The average molecular weight is 474 g/mol. The van der Waals surface area contributed by atoms with Gasteiger partial charge in [-0.05, 0) is 35.2 Å². The minimum absolute atomic E-state index is 0.0248. The second-order valence-electron chi connectivity index (χ2n) is 7.13. The van der Waals surface area contributed by atoms with Gasteiger partial charge in [-0.15, -0.1) is 11.3 Å². The SMILES string of the molecule is CS(=O)(=O)Nc1ccc(C(C(N)=O)N2c3c(C(=O)O)ccnc3NC2c2cccs2)cc1. The molecule has 2 atom stereocenters. The molecular formula is C20H19N5O5S2. The first kappa shape index (κ1) is 21.6. The second kappa shape index (κ2) is 8.13. The molecule has 2 aromatic heterocycles. The molecule has 166 valence electrons. The molecule has 4 rings (SSSR count). The number of aromatic carboxylic acids is 1. The van der Waals surface area contributed by atoms with Crippen molar-refractivity contribution in [1.29, 1.82) is 0 Å². The Labute approximate surface area is 187 Å². The Hall–Kier alpha value is -3.64. The van der Waals surface area contributed by atoms with Crippen LogP contribution in [-0.4, -0.2) is 36.6 Å². The quantitative estimate of drug-likeness (QED) is 0.408. The van der Waals surface area contributed by atoms with Crippen molar-refractivity contribution in [3.8, 4) is 0 Å². The van der Waals surface area contributed by atoms with Crippen molar-refractivity contribution in [3.05, 3.63) is 70.0 Å². The molecule has 0 bridgehead atoms. The number of anilines is 3. The van der Waals surface area contributed by atoms with E-state index in [0.29, 0.717) is 17.1 Å². The Morgan fingerprint density at radius 2 is 1.97 bits per heavy atom. The molecule has 0 radical (unpaired) electrons. The van der Waals surface area contributed by atoms with Gasteiger partial charge in [0, 0.05) is 16.8 Å². The predicted octanol–water partition coefficient (Wildman–Crippen LogP) is 2.37. The Morgan fingerprint density at radius 3 is 2.53 bits per heavy atom. The first-order valence-electron chi connectivity index (χ1n) is 9.33. The van der Waals surface area contributed by atoms with Gasteiger partial charge in [-0.3, -0.25) is 9.52 Å². The summed E-state index contributed by atoms with van der Waals surface area (Å²) in [7, 11) is -3.47. The number of thiophene rings is 1. The van der Waals surface area contributed by atoms with E-state index in [1.165, 1.54) is 35.7 Å². The molecule has 2 unspecified atom stereocenters. The normalized spacial score (nSPS) is 16.2. The summed E-state index contributed by atoms with van der Waals surface area (Å²) < 4.78 is 25.3. The lowest BCUT2D eigenvalue weighted by atomic mass is 10.0. The minimum atomic E-state index is -3.47. The zero-order valence-corrected chi connectivity index (χ0v) is 18.4. The van der Waals surface area contributed by atoms with E-state index in [-0.39, 0.29) is 11.3 Å². The Morgan fingerprint density at radius 1 is 1.25 bits per heavy atom. The van der Waals surface area contributed by atoms with Crippen LogP contribution in [0.4, 0.5) is 17.2 Å². The minimum Gasteiger partial charge on any atom is -0.478 e. The van der Waals surface area contributed by atoms with Gasteiger partial charge in [0.25, 0.3) is 0 Å². The lowest BCUT2D eigenvalue weighted by molar-refractivity contribution is -0.119. The zero-order chi connectivity index (χ0) is 23.0. The summed E-state index contributed by atoms with van der Waals surface area (Å²) >= 11 is 1.43. The van der Waals surface area contributed by atoms with Crippen molar-refractivity contribution in [3.63, 3.8) is 0 Å². The van der Waals surface area contributed by atoms with E-state index < -0.39 is 34.1 Å². The maximum Gasteiger partial charge on any atom is 0.338 e. The van der Waals surface area contributed by atoms with Gasteiger partial charge < -0.3 is 21.1 Å². The standard InChI is InChI=1S/C20H19N5O5S2/c1-32(29,30)24-12-6-4-11(5-7-12)15(17(21)26)25-16-13(20(27)28)8-9-22-18(16)23-19(25)14-3-2-10-31-14/h2-10,15,19,24H,1H3,(H2,21,26)(H,22,23)(H,27,28). The van der Waals surface area contributed by atoms with Crippen LogP contribution in [0.3, 0.4) is 0 Å². The molecule has 0 spiro atoms. The van der Waals surface area contributed by atoms with Crippen molar-refractivity contribution >= 4 is 50.4 Å². The van der Waals surface area contributed by atoms with Crippen LogP contribution in [0.5, 0.6) is 0 Å². The van der Waals surface area contributed by atoms with Crippen LogP contribution in [0.1, 0.15) is 33.0 Å². The van der Waals surface area contributed by atoms with Gasteiger partial charge in [-0.2, -0.15) is 0 Å². The smallest absolute Gasteiger partial charge is 0.338 e. The van der Waals surface area contributed by atoms with Crippen LogP contribution in [0, 0.1) is 0 Å². The van der Waals surface area contributed by atoms with Gasteiger partial charge in [-0.1, -0.05) is 18.2 Å². The fourth-order valence-corrected chi connectivity index (χ4v) is 5.00. The van der Waals surface area contributed by atoms with Crippen LogP contribution in [0.15, 0.2) is 54.0 Å². The molecule has 12 heteroatoms. The monoisotopic (exact) mass is 473 g/mol. The summed E-state index contributed by atoms with van der Waals surface area (Å²) in [5.41, 5.74) is 6.82. The third-order valence-electron chi connectivity index (χ3n) is 4.85. The summed E-state index contributed by atoms with van der Waals surface area (Å²) in [4.78, 5) is 31.3. The van der Waals surface area contributed by atoms with E-state index in [0.717, 1.165) is 11.1 Å². The number of benzene rings is 1. The average Bonchev–Trinajstić information content (AvgIpc) is 3.36. The molecule has 5 N–H and O–H groups in total. The molecule has 1 aliphatic heterocycles. The molecule has 1 amide bonds. The molecule has 3 aromatic rings. The second-order valence-corrected chi connectivity index (χ2v) is 9.86. The van der Waals surface area contributed by atoms with Crippen LogP contribution >= 0.6 is 11.3 Å². The van der Waals surface area contributed by atoms with E-state index in [2.05, 4.69) is 15.0 Å². The number of hydrogen-bond acceptors (Lipinski definition) is 8. The number of nitrogens with zero attached hydrogens (tertiary/aromatic N) is 2. The predicted molar refractivity (Wildman–Crippen MR) is 121 cm³/mol. The van der Waals surface area contributed by atoms with Gasteiger partial charge in [0.15, 0.2) is 5.82 Å². The number of primary amides is 1. The van der Waals surface area contributed by atoms with Gasteiger partial charge in [0.05, 0.1) is 17.5 Å². The summed E-state index contributed by atoms with van der Waals surface area (Å²) in [6.45, 7) is 0. The number of nitrogens with one attached hydrogen (secondary N) is 2. The number of carbonyl (C=O) groups excluding carboxylic acids is 1. The molecule has 32 heavy (non-hydrogen) atoms. The number of nitrogens with two attached hydrogens (primary N) is 1. The number of hydrogen-bond donors (Lipinski definition) is 4. The maximum absolute atomic E-state index is 12.7. The van der Waals surface area contributed by atoms with Gasteiger partial charge >= 0.3 is 5.97 Å². The molecule has 0 saturated heterocycles. The van der Waals surface area contributed by atoms with Crippen molar-refractivity contribution < 1.29 is 23.1 Å². The number of pyridine rings is 1. The van der Waals surface area contributed by atoms with Crippen LogP contribution in [0.2, 0.25) is 0 Å². The number of carbonyl (C=O) groups is 2. The maximum atomic E-state index is 12.7. The summed E-state index contributed by atoms with van der Waals surface area (Å²) in [5.74, 6) is -1.55. The van der Waals surface area contributed by atoms with Crippen LogP contribution < -0.4 is 20.7 Å². The highest BCUT2D eigenvalue weighted by atomic mass is 32.2. The zero-order valence-electron chi connectivity index (χ0n) is 16.7. The van der Waals surface area contributed by atoms with E-state index >= 15 is 0 Å². The number of aromatic nitrogens is 1. The Bertz CT molecular complexity index is 1280. The van der Waals surface area contributed by atoms with Gasteiger partial charge in [0.2, 0.25) is 15.9 Å². The molecule has 3 heterocycles. The van der Waals surface area contributed by atoms with Crippen LogP contribution in [-0.2, 0) is 14.8 Å². The van der Waals surface area contributed by atoms with E-state index in [9.17, 15) is 23.1 Å². The highest BCUT2D eigenvalue weighted by Crippen LogP contribution is 2.47. The van der Waals surface area contributed by atoms with Gasteiger partial charge in [0.1, 0.15) is 12.2 Å². The lowest BCUT2D eigenvalue weighted by Gasteiger charge is -2.33. The number of carboxylic acids is 1. The number of fused-ring (bicyclic) bond motifs is 1. The fraction of sp³-hybridized carbons (Fsp3) is 0.150. The topological polar surface area (TPSA) is 155 Å². The molecule has 1 aliphatic rings. The van der Waals surface area contributed by atoms with Crippen molar-refractivity contribution in [2.45, 2.75) is 12.2 Å². The first-order valence-corrected chi connectivity index (χ1v) is 12.1. The number of sulfonamides is 1. The molecule has 10 nitrogen and oxygen atoms in total. The molecule has 1 aromatic carbocycles. The summed E-state index contributed by atoms with van der Waals surface area (Å²) in [6, 6.07) is 10.2. The highest BCUT2D eigenvalue weighted by molar-refractivity contribution is 7.92. The number of rotatable bonds is 7. The molecular weight excluding hydrogens is 454 g/mol. The first-order chi connectivity index (χ1) is 15.2. The van der Waals surface area contributed by atoms with E-state index in [4.69, 9.17) is 5.73 Å². The number of carboxylic acid groups (broad SMARTS) is 1. The van der Waals surface area contributed by atoms with E-state index in [1.807, 2.05) is 17.5 Å². The van der Waals surface area contributed by atoms with Gasteiger partial charge in [-0.25, -0.2) is 18.2 Å². The van der Waals surface area contributed by atoms with Crippen molar-refractivity contribution in [2.24, 2.45) is 5.73 Å². The van der Waals surface area contributed by atoms with Crippen molar-refractivity contribution in [1.82, 2.24) is 4.98 Å². The largest absolute Gasteiger partial charge is 0.478 e. The van der Waals surface area contributed by atoms with Crippen molar-refractivity contribution in [2.75, 3.05) is 21.2 Å².